The summed E-state index contributed by atoms with van der Waals surface area (Å²) in [5.74, 6) is 0.00647. The van der Waals surface area contributed by atoms with Crippen molar-refractivity contribution in [2.24, 2.45) is 7.05 Å². The molecule has 0 aliphatic rings. The topological polar surface area (TPSA) is 116 Å². The second-order valence-electron chi connectivity index (χ2n) is 3.87. The maximum Gasteiger partial charge on any atom is 0.283 e. The fourth-order valence-electron chi connectivity index (χ4n) is 1.45. The summed E-state index contributed by atoms with van der Waals surface area (Å²) in [4.78, 5) is 3.73. The predicted molar refractivity (Wildman–Crippen MR) is 64.4 cm³/mol. The Kier molecular flexibility index (Phi) is 2.77. The molecule has 0 aromatic carbocycles. The number of nitrogens with two attached hydrogens (primary N) is 1. The van der Waals surface area contributed by atoms with Crippen LogP contribution in [0.25, 0.3) is 0 Å². The Balaban J connectivity index is 2.43. The van der Waals surface area contributed by atoms with Gasteiger partial charge >= 0.3 is 0 Å². The second-order valence-corrected chi connectivity index (χ2v) is 5.47. The van der Waals surface area contributed by atoms with Crippen molar-refractivity contribution in [1.82, 2.24) is 14.7 Å². The number of hydrogen-bond donors (Lipinski definition) is 2. The van der Waals surface area contributed by atoms with Crippen molar-refractivity contribution in [3.05, 3.63) is 17.6 Å². The second kappa shape index (κ2) is 4.02. The SMILES string of the molecule is Cc1noc(NS(=O)(=O)c2c(N)ncn2C)c1C. The van der Waals surface area contributed by atoms with Gasteiger partial charge in [0.15, 0.2) is 10.8 Å². The minimum Gasteiger partial charge on any atom is -0.381 e. The van der Waals surface area contributed by atoms with Crippen molar-refractivity contribution in [2.75, 3.05) is 10.5 Å². The third-order valence-corrected chi connectivity index (χ3v) is 4.01. The lowest BCUT2D eigenvalue weighted by Gasteiger charge is -2.06. The lowest BCUT2D eigenvalue weighted by Crippen LogP contribution is -2.17. The van der Waals surface area contributed by atoms with Crippen LogP contribution < -0.4 is 10.5 Å². The van der Waals surface area contributed by atoms with Gasteiger partial charge in [0.05, 0.1) is 12.0 Å². The molecule has 0 atom stereocenters. The van der Waals surface area contributed by atoms with Crippen molar-refractivity contribution in [3.63, 3.8) is 0 Å². The summed E-state index contributed by atoms with van der Waals surface area (Å²) in [6.45, 7) is 3.42. The molecule has 9 heteroatoms. The lowest BCUT2D eigenvalue weighted by molar-refractivity contribution is 0.430. The quantitative estimate of drug-likeness (QED) is 0.835. The molecule has 0 spiro atoms. The standard InChI is InChI=1S/C9H13N5O3S/c1-5-6(2)12-17-8(5)13-18(15,16)9-7(10)11-4-14(9)3/h4,13H,10H2,1-3H3. The molecule has 0 bridgehead atoms. The van der Waals surface area contributed by atoms with E-state index in [0.29, 0.717) is 11.3 Å². The highest BCUT2D eigenvalue weighted by atomic mass is 32.2. The third kappa shape index (κ3) is 1.92. The molecule has 2 heterocycles. The molecule has 0 radical (unpaired) electrons. The lowest BCUT2D eigenvalue weighted by atomic mass is 10.3. The third-order valence-electron chi connectivity index (χ3n) is 2.55. The number of aryl methyl sites for hydroxylation is 2. The molecule has 0 aliphatic carbocycles. The van der Waals surface area contributed by atoms with Gasteiger partial charge in [0.2, 0.25) is 5.88 Å². The molecule has 98 valence electrons. The van der Waals surface area contributed by atoms with E-state index < -0.39 is 10.0 Å². The van der Waals surface area contributed by atoms with Crippen LogP contribution in [-0.4, -0.2) is 23.1 Å². The van der Waals surface area contributed by atoms with E-state index >= 15 is 0 Å². The average Bonchev–Trinajstić information content (AvgIpc) is 2.76. The van der Waals surface area contributed by atoms with E-state index in [-0.39, 0.29) is 16.7 Å². The van der Waals surface area contributed by atoms with Gasteiger partial charge in [0.1, 0.15) is 0 Å². The van der Waals surface area contributed by atoms with Gasteiger partial charge in [-0.05, 0) is 13.8 Å². The van der Waals surface area contributed by atoms with Crippen LogP contribution in [-0.2, 0) is 17.1 Å². The van der Waals surface area contributed by atoms with Crippen LogP contribution in [0.5, 0.6) is 0 Å². The molecule has 3 N–H and O–H groups in total. The Morgan fingerprint density at radius 1 is 1.44 bits per heavy atom. The molecule has 0 saturated carbocycles. The number of sulfonamides is 1. The minimum absolute atomic E-state index is 0.0705. The maximum atomic E-state index is 12.1. The van der Waals surface area contributed by atoms with E-state index in [1.807, 2.05) is 0 Å². The molecule has 8 nitrogen and oxygen atoms in total. The fraction of sp³-hybridized carbons (Fsp3) is 0.333. The van der Waals surface area contributed by atoms with Crippen molar-refractivity contribution in [2.45, 2.75) is 18.9 Å². The summed E-state index contributed by atoms with van der Waals surface area (Å²) in [6, 6.07) is 0. The van der Waals surface area contributed by atoms with Crippen LogP contribution in [0.4, 0.5) is 11.7 Å². The highest BCUT2D eigenvalue weighted by Crippen LogP contribution is 2.23. The minimum atomic E-state index is -3.85. The first-order valence-corrected chi connectivity index (χ1v) is 6.53. The van der Waals surface area contributed by atoms with Gasteiger partial charge in [-0.15, -0.1) is 0 Å². The van der Waals surface area contributed by atoms with Gasteiger partial charge in [-0.1, -0.05) is 5.16 Å². The van der Waals surface area contributed by atoms with E-state index in [4.69, 9.17) is 10.3 Å². The van der Waals surface area contributed by atoms with Gasteiger partial charge in [-0.2, -0.15) is 8.42 Å². The number of nitrogens with zero attached hydrogens (tertiary/aromatic N) is 3. The highest BCUT2D eigenvalue weighted by Gasteiger charge is 2.25. The first-order chi connectivity index (χ1) is 8.33. The van der Waals surface area contributed by atoms with E-state index in [9.17, 15) is 8.42 Å². The summed E-state index contributed by atoms with van der Waals surface area (Å²) in [5.41, 5.74) is 6.77. The average molecular weight is 271 g/mol. The molecule has 0 unspecified atom stereocenters. The molecule has 2 aromatic heterocycles. The molecular formula is C9H13N5O3S. The van der Waals surface area contributed by atoms with Gasteiger partial charge in [0, 0.05) is 12.6 Å². The Labute approximate surface area is 104 Å². The molecule has 0 fully saturated rings. The van der Waals surface area contributed by atoms with E-state index in [1.54, 1.807) is 13.8 Å². The summed E-state index contributed by atoms with van der Waals surface area (Å²) in [6.07, 6.45) is 1.32. The summed E-state index contributed by atoms with van der Waals surface area (Å²) in [5, 5.41) is 3.56. The molecule has 0 aliphatic heterocycles. The summed E-state index contributed by atoms with van der Waals surface area (Å²) < 4.78 is 32.8. The van der Waals surface area contributed by atoms with Crippen LogP contribution in [0, 0.1) is 13.8 Å². The van der Waals surface area contributed by atoms with Crippen molar-refractivity contribution in [3.8, 4) is 0 Å². The molecule has 18 heavy (non-hydrogen) atoms. The number of rotatable bonds is 3. The number of imidazole rings is 1. The highest BCUT2D eigenvalue weighted by molar-refractivity contribution is 7.92. The normalized spacial score (nSPS) is 11.7. The molecule has 2 aromatic rings. The van der Waals surface area contributed by atoms with Gasteiger partial charge in [-0.25, -0.2) is 9.71 Å². The molecular weight excluding hydrogens is 258 g/mol. The predicted octanol–water partition coefficient (Wildman–Crippen LogP) is 0.408. The molecule has 2 rings (SSSR count). The Morgan fingerprint density at radius 2 is 2.11 bits per heavy atom. The van der Waals surface area contributed by atoms with Crippen LogP contribution >= 0.6 is 0 Å². The number of nitrogens with one attached hydrogen (secondary N) is 1. The van der Waals surface area contributed by atoms with E-state index in [0.717, 1.165) is 0 Å². The van der Waals surface area contributed by atoms with E-state index in [2.05, 4.69) is 14.9 Å². The Hall–Kier alpha value is -2.03. The smallest absolute Gasteiger partial charge is 0.283 e. The van der Waals surface area contributed by atoms with Gasteiger partial charge < -0.3 is 14.8 Å². The fourth-order valence-corrected chi connectivity index (χ4v) is 2.73. The number of aromatic nitrogens is 3. The monoisotopic (exact) mass is 271 g/mol. The molecule has 0 saturated heterocycles. The van der Waals surface area contributed by atoms with Crippen molar-refractivity contribution < 1.29 is 12.9 Å². The zero-order valence-electron chi connectivity index (χ0n) is 10.1. The van der Waals surface area contributed by atoms with Gasteiger partial charge in [0.25, 0.3) is 10.0 Å². The first kappa shape index (κ1) is 12.4. The van der Waals surface area contributed by atoms with Crippen molar-refractivity contribution >= 4 is 21.7 Å². The van der Waals surface area contributed by atoms with Gasteiger partial charge in [-0.3, -0.25) is 0 Å². The zero-order valence-corrected chi connectivity index (χ0v) is 10.9. The van der Waals surface area contributed by atoms with E-state index in [1.165, 1.54) is 17.9 Å². The zero-order chi connectivity index (χ0) is 13.5. The van der Waals surface area contributed by atoms with Crippen LogP contribution in [0.2, 0.25) is 0 Å². The Bertz CT molecular complexity index is 666. The number of nitrogen functional groups attached to an aromatic ring is 1. The maximum absolute atomic E-state index is 12.1. The number of anilines is 2. The van der Waals surface area contributed by atoms with Crippen LogP contribution in [0.3, 0.4) is 0 Å². The van der Waals surface area contributed by atoms with Crippen LogP contribution in [0.1, 0.15) is 11.3 Å². The molecule has 0 amide bonds. The largest absolute Gasteiger partial charge is 0.381 e. The Morgan fingerprint density at radius 3 is 2.56 bits per heavy atom. The number of hydrogen-bond acceptors (Lipinski definition) is 6. The van der Waals surface area contributed by atoms with Crippen molar-refractivity contribution in [1.29, 1.82) is 0 Å². The summed E-state index contributed by atoms with van der Waals surface area (Å²) in [7, 11) is -2.31. The van der Waals surface area contributed by atoms with Crippen LogP contribution in [0.15, 0.2) is 15.9 Å². The first-order valence-electron chi connectivity index (χ1n) is 5.05. The summed E-state index contributed by atoms with van der Waals surface area (Å²) >= 11 is 0.